The van der Waals surface area contributed by atoms with Crippen LogP contribution in [0.25, 0.3) is 111 Å². The summed E-state index contributed by atoms with van der Waals surface area (Å²) in [7, 11) is 0. The van der Waals surface area contributed by atoms with E-state index >= 15 is 0 Å². The van der Waals surface area contributed by atoms with Gasteiger partial charge in [-0.2, -0.15) is 0 Å². The van der Waals surface area contributed by atoms with E-state index in [1.807, 2.05) is 0 Å². The predicted molar refractivity (Wildman–Crippen MR) is 267 cm³/mol. The number of fused-ring (bicyclic) bond motifs is 3. The lowest BCUT2D eigenvalue weighted by Gasteiger charge is -2.19. The van der Waals surface area contributed by atoms with Crippen molar-refractivity contribution in [3.05, 3.63) is 254 Å². The van der Waals surface area contributed by atoms with Gasteiger partial charge in [-0.1, -0.05) is 243 Å². The van der Waals surface area contributed by atoms with E-state index in [1.165, 1.54) is 110 Å². The first-order valence-corrected chi connectivity index (χ1v) is 21.4. The molecule has 0 radical (unpaired) electrons. The minimum atomic E-state index is 1.18. The smallest absolute Gasteiger partial charge is 0.00261 e. The Labute approximate surface area is 363 Å². The van der Waals surface area contributed by atoms with Crippen LogP contribution in [0.3, 0.4) is 0 Å². The van der Waals surface area contributed by atoms with E-state index in [9.17, 15) is 0 Å². The van der Waals surface area contributed by atoms with Crippen molar-refractivity contribution in [2.75, 3.05) is 0 Å². The molecule has 0 aliphatic heterocycles. The van der Waals surface area contributed by atoms with Crippen LogP contribution in [0, 0.1) is 0 Å². The highest BCUT2D eigenvalue weighted by Crippen LogP contribution is 2.46. The van der Waals surface area contributed by atoms with Crippen molar-refractivity contribution in [2.24, 2.45) is 0 Å². The highest BCUT2D eigenvalue weighted by Gasteiger charge is 2.19. The summed E-state index contributed by atoms with van der Waals surface area (Å²) in [6, 6.07) is 88.5. The molecule has 0 amide bonds. The van der Waals surface area contributed by atoms with Crippen LogP contribution < -0.4 is 0 Å². The van der Waals surface area contributed by atoms with Gasteiger partial charge in [0.15, 0.2) is 0 Å². The molecule has 0 N–H and O–H groups in total. The fourth-order valence-corrected chi connectivity index (χ4v) is 9.27. The molecule has 0 heteroatoms. The van der Waals surface area contributed by atoms with E-state index in [0.717, 1.165) is 0 Å². The molecule has 0 saturated carbocycles. The molecule has 0 aromatic heterocycles. The standard InChI is InChI=1S/C62H42/c1-4-15-43(16-5-1)29-30-44-17-12-22-51(41-44)53-25-13-28-56-54(26-14-27-55(53)56)52-39-40-59-60(42-52)62(50-37-33-48(34-38-50)46-20-8-3-9-21-46)58-24-11-10-23-57(58)61(59)49-35-31-47(32-36-49)45-18-6-2-7-19-45/h1-42H. The van der Waals surface area contributed by atoms with E-state index in [-0.39, 0.29) is 0 Å². The van der Waals surface area contributed by atoms with Gasteiger partial charge in [0.1, 0.15) is 0 Å². The van der Waals surface area contributed by atoms with E-state index in [0.29, 0.717) is 0 Å². The van der Waals surface area contributed by atoms with Crippen LogP contribution in [0.1, 0.15) is 11.1 Å². The molecule has 0 saturated heterocycles. The summed E-state index contributed by atoms with van der Waals surface area (Å²) in [6.07, 6.45) is 4.38. The van der Waals surface area contributed by atoms with Gasteiger partial charge in [0.2, 0.25) is 0 Å². The van der Waals surface area contributed by atoms with Crippen LogP contribution in [-0.4, -0.2) is 0 Å². The topological polar surface area (TPSA) is 0 Å². The van der Waals surface area contributed by atoms with Crippen molar-refractivity contribution in [1.29, 1.82) is 0 Å². The maximum atomic E-state index is 2.44. The third-order valence-electron chi connectivity index (χ3n) is 12.3. The molecular weight excluding hydrogens is 745 g/mol. The summed E-state index contributed by atoms with van der Waals surface area (Å²) < 4.78 is 0. The minimum Gasteiger partial charge on any atom is -0.0622 e. The summed E-state index contributed by atoms with van der Waals surface area (Å²) in [4.78, 5) is 0. The van der Waals surface area contributed by atoms with Crippen molar-refractivity contribution in [3.63, 3.8) is 0 Å². The molecule has 0 aliphatic rings. The fourth-order valence-electron chi connectivity index (χ4n) is 9.27. The van der Waals surface area contributed by atoms with Crippen LogP contribution in [0.15, 0.2) is 243 Å². The molecule has 0 aliphatic carbocycles. The second kappa shape index (κ2) is 16.2. The lowest BCUT2D eigenvalue weighted by atomic mass is 9.84. The number of hydrogen-bond acceptors (Lipinski definition) is 0. The highest BCUT2D eigenvalue weighted by molar-refractivity contribution is 6.22. The van der Waals surface area contributed by atoms with Crippen LogP contribution in [0.4, 0.5) is 0 Å². The van der Waals surface area contributed by atoms with Gasteiger partial charge in [-0.3, -0.25) is 0 Å². The van der Waals surface area contributed by atoms with Gasteiger partial charge in [0.25, 0.3) is 0 Å². The molecule has 0 spiro atoms. The van der Waals surface area contributed by atoms with Crippen LogP contribution in [-0.2, 0) is 0 Å². The monoisotopic (exact) mass is 786 g/mol. The number of benzene rings is 11. The molecule has 11 rings (SSSR count). The van der Waals surface area contributed by atoms with Crippen molar-refractivity contribution < 1.29 is 0 Å². The molecule has 290 valence electrons. The Bertz CT molecular complexity index is 3400. The summed E-state index contributed by atoms with van der Waals surface area (Å²) in [5.74, 6) is 0. The first kappa shape index (κ1) is 37.0. The molecular formula is C62H42. The highest BCUT2D eigenvalue weighted by atomic mass is 14.2. The zero-order valence-corrected chi connectivity index (χ0v) is 34.2. The van der Waals surface area contributed by atoms with Gasteiger partial charge in [0.05, 0.1) is 0 Å². The van der Waals surface area contributed by atoms with Gasteiger partial charge in [-0.25, -0.2) is 0 Å². The van der Waals surface area contributed by atoms with E-state index in [4.69, 9.17) is 0 Å². The Balaban J connectivity index is 1.09. The lowest BCUT2D eigenvalue weighted by molar-refractivity contribution is 1.60. The SMILES string of the molecule is C(=Cc1cccc(-c2cccc3c(-c4ccc5c(-c6ccc(-c7ccccc7)cc6)c6ccccc6c(-c6ccc(-c7ccccc7)cc6)c5c4)cccc23)c1)c1ccccc1. The summed E-state index contributed by atoms with van der Waals surface area (Å²) >= 11 is 0. The lowest BCUT2D eigenvalue weighted by Crippen LogP contribution is -1.92. The third kappa shape index (κ3) is 6.98. The Hall–Kier alpha value is -8.06. The van der Waals surface area contributed by atoms with Crippen LogP contribution >= 0.6 is 0 Å². The third-order valence-corrected chi connectivity index (χ3v) is 12.3. The Morgan fingerprint density at radius 1 is 0.194 bits per heavy atom. The largest absolute Gasteiger partial charge is 0.0622 e. The van der Waals surface area contributed by atoms with Gasteiger partial charge in [-0.05, 0) is 122 Å². The second-order valence-electron chi connectivity index (χ2n) is 16.0. The Morgan fingerprint density at radius 3 is 1.11 bits per heavy atom. The van der Waals surface area contributed by atoms with Crippen molar-refractivity contribution in [1.82, 2.24) is 0 Å². The molecule has 0 fully saturated rings. The average Bonchev–Trinajstić information content (AvgIpc) is 3.35. The van der Waals surface area contributed by atoms with Gasteiger partial charge in [-0.15, -0.1) is 0 Å². The first-order valence-electron chi connectivity index (χ1n) is 21.4. The van der Waals surface area contributed by atoms with Crippen molar-refractivity contribution >= 4 is 44.5 Å². The molecule has 0 unspecified atom stereocenters. The molecule has 11 aromatic carbocycles. The molecule has 0 nitrogen and oxygen atoms in total. The van der Waals surface area contributed by atoms with Crippen molar-refractivity contribution in [2.45, 2.75) is 0 Å². The normalized spacial score (nSPS) is 11.5. The maximum absolute atomic E-state index is 2.44. The molecule has 0 heterocycles. The minimum absolute atomic E-state index is 1.18. The number of hydrogen-bond donors (Lipinski definition) is 0. The second-order valence-corrected chi connectivity index (χ2v) is 16.0. The van der Waals surface area contributed by atoms with Crippen LogP contribution in [0.2, 0.25) is 0 Å². The van der Waals surface area contributed by atoms with E-state index < -0.39 is 0 Å². The zero-order valence-electron chi connectivity index (χ0n) is 34.2. The fraction of sp³-hybridized carbons (Fsp3) is 0. The quantitative estimate of drug-likeness (QED) is 0.106. The summed E-state index contributed by atoms with van der Waals surface area (Å²) in [5, 5.41) is 7.45. The van der Waals surface area contributed by atoms with Gasteiger partial charge in [0, 0.05) is 0 Å². The van der Waals surface area contributed by atoms with Crippen LogP contribution in [0.5, 0.6) is 0 Å². The van der Waals surface area contributed by atoms with E-state index in [2.05, 4.69) is 255 Å². The molecule has 62 heavy (non-hydrogen) atoms. The van der Waals surface area contributed by atoms with E-state index in [1.54, 1.807) is 0 Å². The Morgan fingerprint density at radius 2 is 0.548 bits per heavy atom. The average molecular weight is 787 g/mol. The maximum Gasteiger partial charge on any atom is -0.00261 e. The first-order chi connectivity index (χ1) is 30.7. The Kier molecular flexibility index (Phi) is 9.65. The molecule has 11 aromatic rings. The van der Waals surface area contributed by atoms with Crippen molar-refractivity contribution in [3.8, 4) is 66.8 Å². The summed E-state index contributed by atoms with van der Waals surface area (Å²) in [6.45, 7) is 0. The van der Waals surface area contributed by atoms with Gasteiger partial charge >= 0.3 is 0 Å². The molecule has 0 atom stereocenters. The van der Waals surface area contributed by atoms with Gasteiger partial charge < -0.3 is 0 Å². The summed E-state index contributed by atoms with van der Waals surface area (Å²) in [5.41, 5.74) is 17.0. The zero-order chi connectivity index (χ0) is 41.2. The number of rotatable bonds is 8. The predicted octanol–water partition coefficient (Wildman–Crippen LogP) is 17.3. The molecule has 0 bridgehead atoms.